The Labute approximate surface area is 402 Å². The fourth-order valence-electron chi connectivity index (χ4n) is 7.76. The molecular formula is C59H104O6. The molecule has 0 aliphatic heterocycles. The van der Waals surface area contributed by atoms with E-state index in [2.05, 4.69) is 81.5 Å². The molecule has 0 aromatic carbocycles. The first-order chi connectivity index (χ1) is 32.0. The van der Waals surface area contributed by atoms with Crippen molar-refractivity contribution in [3.05, 3.63) is 60.8 Å². The van der Waals surface area contributed by atoms with Crippen LogP contribution in [0.4, 0.5) is 0 Å². The molecule has 0 spiro atoms. The van der Waals surface area contributed by atoms with E-state index < -0.39 is 6.10 Å². The van der Waals surface area contributed by atoms with Gasteiger partial charge in [0.25, 0.3) is 0 Å². The van der Waals surface area contributed by atoms with Crippen LogP contribution < -0.4 is 0 Å². The number of carbonyl (C=O) groups excluding carboxylic acids is 3. The van der Waals surface area contributed by atoms with E-state index in [0.29, 0.717) is 19.3 Å². The molecule has 0 aliphatic carbocycles. The molecule has 0 fully saturated rings. The average Bonchev–Trinajstić information content (AvgIpc) is 3.30. The van der Waals surface area contributed by atoms with Gasteiger partial charge in [-0.3, -0.25) is 14.4 Å². The van der Waals surface area contributed by atoms with E-state index in [1.807, 2.05) is 0 Å². The van der Waals surface area contributed by atoms with Gasteiger partial charge in [0, 0.05) is 19.3 Å². The third-order valence-corrected chi connectivity index (χ3v) is 12.0. The van der Waals surface area contributed by atoms with Gasteiger partial charge in [0.2, 0.25) is 0 Å². The normalized spacial score (nSPS) is 12.5. The van der Waals surface area contributed by atoms with Gasteiger partial charge in [0.05, 0.1) is 0 Å². The average molecular weight is 909 g/mol. The van der Waals surface area contributed by atoms with Gasteiger partial charge in [0.15, 0.2) is 6.10 Å². The Morgan fingerprint density at radius 3 is 0.969 bits per heavy atom. The molecule has 65 heavy (non-hydrogen) atoms. The minimum absolute atomic E-state index is 0.0870. The van der Waals surface area contributed by atoms with Crippen LogP contribution >= 0.6 is 0 Å². The lowest BCUT2D eigenvalue weighted by Gasteiger charge is -2.18. The fourth-order valence-corrected chi connectivity index (χ4v) is 7.76. The molecule has 376 valence electrons. The van der Waals surface area contributed by atoms with Gasteiger partial charge in [-0.05, 0) is 83.5 Å². The first-order valence-electron chi connectivity index (χ1n) is 27.8. The Morgan fingerprint density at radius 2 is 0.569 bits per heavy atom. The first-order valence-corrected chi connectivity index (χ1v) is 27.8. The molecule has 0 aromatic heterocycles. The van der Waals surface area contributed by atoms with Gasteiger partial charge in [-0.1, -0.05) is 236 Å². The van der Waals surface area contributed by atoms with E-state index in [1.165, 1.54) is 148 Å². The maximum Gasteiger partial charge on any atom is 0.306 e. The SMILES string of the molecule is CCCC/C=C\CCCCCCCC(=O)OC[C@@H](COC(=O)CCCCC/C=C\C/C=C\C/C=C\C/C=C\CCCCC)OC(=O)CCCCCCCCCCCCCCCCCCC. The number of ether oxygens (including phenoxy) is 3. The number of rotatable bonds is 50. The van der Waals surface area contributed by atoms with Crippen LogP contribution in [0.1, 0.15) is 278 Å². The standard InChI is InChI=1S/C59H104O6/c1-4-7-10-13-16-19-22-24-26-28-29-31-32-34-37-40-43-46-49-52-58(61)64-55-56(54-63-57(60)51-48-45-42-39-36-21-18-15-12-9-6-3)65-59(62)53-50-47-44-41-38-35-33-30-27-25-23-20-17-14-11-8-5-2/h15-16,18-19,24,26,29,31,34,37,56H,4-14,17,20-23,25,27-28,30,32-33,35-36,38-55H2,1-3H3/b18-15-,19-16-,26-24-,31-29-,37-34-/t56-/m0/s1. The predicted molar refractivity (Wildman–Crippen MR) is 279 cm³/mol. The number of esters is 3. The number of hydrogen-bond donors (Lipinski definition) is 0. The molecule has 0 saturated carbocycles. The van der Waals surface area contributed by atoms with Crippen LogP contribution in [0.3, 0.4) is 0 Å². The molecule has 0 saturated heterocycles. The smallest absolute Gasteiger partial charge is 0.306 e. The Hall–Kier alpha value is -2.89. The lowest BCUT2D eigenvalue weighted by molar-refractivity contribution is -0.167. The minimum Gasteiger partial charge on any atom is -0.462 e. The van der Waals surface area contributed by atoms with Gasteiger partial charge in [-0.25, -0.2) is 0 Å². The Bertz CT molecular complexity index is 1180. The highest BCUT2D eigenvalue weighted by Crippen LogP contribution is 2.16. The molecule has 6 heteroatoms. The van der Waals surface area contributed by atoms with Crippen molar-refractivity contribution in [2.24, 2.45) is 0 Å². The van der Waals surface area contributed by atoms with Crippen LogP contribution in [0.2, 0.25) is 0 Å². The van der Waals surface area contributed by atoms with Crippen LogP contribution in [0.5, 0.6) is 0 Å². The largest absolute Gasteiger partial charge is 0.462 e. The highest BCUT2D eigenvalue weighted by atomic mass is 16.6. The lowest BCUT2D eigenvalue weighted by atomic mass is 10.0. The number of hydrogen-bond acceptors (Lipinski definition) is 6. The highest BCUT2D eigenvalue weighted by molar-refractivity contribution is 5.71. The van der Waals surface area contributed by atoms with Crippen molar-refractivity contribution in [3.8, 4) is 0 Å². The van der Waals surface area contributed by atoms with Crippen molar-refractivity contribution in [1.82, 2.24) is 0 Å². The van der Waals surface area contributed by atoms with Crippen molar-refractivity contribution >= 4 is 17.9 Å². The summed E-state index contributed by atoms with van der Waals surface area (Å²) in [5, 5.41) is 0. The monoisotopic (exact) mass is 909 g/mol. The highest BCUT2D eigenvalue weighted by Gasteiger charge is 2.19. The number of unbranched alkanes of at least 4 members (excludes halogenated alkanes) is 29. The molecule has 1 atom stereocenters. The topological polar surface area (TPSA) is 78.9 Å². The van der Waals surface area contributed by atoms with E-state index in [9.17, 15) is 14.4 Å². The third kappa shape index (κ3) is 51.9. The summed E-state index contributed by atoms with van der Waals surface area (Å²) in [6.07, 6.45) is 66.4. The summed E-state index contributed by atoms with van der Waals surface area (Å²) >= 11 is 0. The van der Waals surface area contributed by atoms with Crippen LogP contribution in [0.25, 0.3) is 0 Å². The molecule has 6 nitrogen and oxygen atoms in total. The predicted octanol–water partition coefficient (Wildman–Crippen LogP) is 18.4. The van der Waals surface area contributed by atoms with Gasteiger partial charge in [-0.15, -0.1) is 0 Å². The lowest BCUT2D eigenvalue weighted by Crippen LogP contribution is -2.30. The van der Waals surface area contributed by atoms with Crippen molar-refractivity contribution in [2.45, 2.75) is 284 Å². The zero-order valence-corrected chi connectivity index (χ0v) is 43.0. The molecule has 0 bridgehead atoms. The summed E-state index contributed by atoms with van der Waals surface area (Å²) in [5.74, 6) is -0.918. The molecule has 0 aliphatic rings. The van der Waals surface area contributed by atoms with Gasteiger partial charge in [0.1, 0.15) is 13.2 Å². The second-order valence-corrected chi connectivity index (χ2v) is 18.5. The maximum absolute atomic E-state index is 12.8. The van der Waals surface area contributed by atoms with E-state index in [4.69, 9.17) is 14.2 Å². The van der Waals surface area contributed by atoms with E-state index in [0.717, 1.165) is 89.9 Å². The molecule has 0 rings (SSSR count). The minimum atomic E-state index is -0.788. The summed E-state index contributed by atoms with van der Waals surface area (Å²) in [5.41, 5.74) is 0. The summed E-state index contributed by atoms with van der Waals surface area (Å²) in [4.78, 5) is 38.0. The Kier molecular flexibility index (Phi) is 51.3. The first kappa shape index (κ1) is 62.1. The molecular weight excluding hydrogens is 805 g/mol. The third-order valence-electron chi connectivity index (χ3n) is 12.0. The van der Waals surface area contributed by atoms with Crippen molar-refractivity contribution < 1.29 is 28.6 Å². The summed E-state index contributed by atoms with van der Waals surface area (Å²) in [6.45, 7) is 6.56. The van der Waals surface area contributed by atoms with Gasteiger partial charge < -0.3 is 14.2 Å². The molecule has 0 amide bonds. The fraction of sp³-hybridized carbons (Fsp3) is 0.780. The Morgan fingerprint density at radius 1 is 0.308 bits per heavy atom. The van der Waals surface area contributed by atoms with E-state index >= 15 is 0 Å². The zero-order valence-electron chi connectivity index (χ0n) is 43.0. The van der Waals surface area contributed by atoms with Crippen molar-refractivity contribution in [2.75, 3.05) is 13.2 Å². The van der Waals surface area contributed by atoms with Crippen LogP contribution in [-0.4, -0.2) is 37.2 Å². The van der Waals surface area contributed by atoms with Crippen LogP contribution in [-0.2, 0) is 28.6 Å². The molecule has 0 N–H and O–H groups in total. The maximum atomic E-state index is 12.8. The van der Waals surface area contributed by atoms with E-state index in [-0.39, 0.29) is 31.1 Å². The second-order valence-electron chi connectivity index (χ2n) is 18.5. The zero-order chi connectivity index (χ0) is 47.2. The van der Waals surface area contributed by atoms with Crippen molar-refractivity contribution in [3.63, 3.8) is 0 Å². The quantitative estimate of drug-likeness (QED) is 0.0262. The van der Waals surface area contributed by atoms with Crippen molar-refractivity contribution in [1.29, 1.82) is 0 Å². The van der Waals surface area contributed by atoms with E-state index in [1.54, 1.807) is 0 Å². The van der Waals surface area contributed by atoms with Gasteiger partial charge >= 0.3 is 17.9 Å². The molecule has 0 radical (unpaired) electrons. The molecule has 0 heterocycles. The van der Waals surface area contributed by atoms with Crippen LogP contribution in [0.15, 0.2) is 60.8 Å². The summed E-state index contributed by atoms with van der Waals surface area (Å²) < 4.78 is 16.8. The molecule has 0 unspecified atom stereocenters. The summed E-state index contributed by atoms with van der Waals surface area (Å²) in [7, 11) is 0. The number of carbonyl (C=O) groups is 3. The number of allylic oxidation sites excluding steroid dienone is 10. The second kappa shape index (κ2) is 53.7. The van der Waals surface area contributed by atoms with Gasteiger partial charge in [-0.2, -0.15) is 0 Å². The molecule has 0 aromatic rings. The Balaban J connectivity index is 4.39. The summed E-state index contributed by atoms with van der Waals surface area (Å²) in [6, 6.07) is 0. The van der Waals surface area contributed by atoms with Crippen LogP contribution in [0, 0.1) is 0 Å².